The Morgan fingerprint density at radius 1 is 1.13 bits per heavy atom. The standard InChI is InChI=1S/C19H21NO3/c21-19(20-12-6-9-15-7-2-1-3-8-15)17-10-4-5-11-18(17)23-14-16-13-22-16/h1-5,7-8,10-11,16H,6,9,12-14H2,(H,20,21). The molecule has 1 N–H and O–H groups in total. The summed E-state index contributed by atoms with van der Waals surface area (Å²) in [6.07, 6.45) is 2.05. The molecule has 0 aromatic heterocycles. The van der Waals surface area contributed by atoms with Crippen LogP contribution in [0, 0.1) is 0 Å². The summed E-state index contributed by atoms with van der Waals surface area (Å²) in [4.78, 5) is 12.3. The first kappa shape index (κ1) is 15.6. The van der Waals surface area contributed by atoms with Crippen LogP contribution in [0.4, 0.5) is 0 Å². The highest BCUT2D eigenvalue weighted by Crippen LogP contribution is 2.20. The zero-order chi connectivity index (χ0) is 15.9. The van der Waals surface area contributed by atoms with Gasteiger partial charge in [0.15, 0.2) is 0 Å². The van der Waals surface area contributed by atoms with Crippen LogP contribution in [-0.4, -0.2) is 31.8 Å². The molecule has 1 heterocycles. The molecule has 1 saturated heterocycles. The molecule has 1 unspecified atom stereocenters. The lowest BCUT2D eigenvalue weighted by atomic mass is 10.1. The number of epoxide rings is 1. The van der Waals surface area contributed by atoms with Crippen LogP contribution in [0.1, 0.15) is 22.3 Å². The summed E-state index contributed by atoms with van der Waals surface area (Å²) < 4.78 is 10.8. The van der Waals surface area contributed by atoms with Crippen LogP contribution in [-0.2, 0) is 11.2 Å². The van der Waals surface area contributed by atoms with E-state index in [0.717, 1.165) is 19.4 Å². The van der Waals surface area contributed by atoms with Gasteiger partial charge in [-0.25, -0.2) is 0 Å². The van der Waals surface area contributed by atoms with Crippen LogP contribution in [0.3, 0.4) is 0 Å². The molecule has 0 bridgehead atoms. The highest BCUT2D eigenvalue weighted by atomic mass is 16.6. The van der Waals surface area contributed by atoms with Gasteiger partial charge in [0, 0.05) is 6.54 Å². The third kappa shape index (κ3) is 4.83. The molecule has 1 fully saturated rings. The van der Waals surface area contributed by atoms with E-state index in [1.165, 1.54) is 5.56 Å². The van der Waals surface area contributed by atoms with Gasteiger partial charge >= 0.3 is 0 Å². The zero-order valence-corrected chi connectivity index (χ0v) is 13.0. The van der Waals surface area contributed by atoms with Crippen molar-refractivity contribution in [3.63, 3.8) is 0 Å². The van der Waals surface area contributed by atoms with Gasteiger partial charge in [0.05, 0.1) is 12.2 Å². The number of aryl methyl sites for hydroxylation is 1. The van der Waals surface area contributed by atoms with E-state index in [1.807, 2.05) is 36.4 Å². The number of benzene rings is 2. The van der Waals surface area contributed by atoms with Crippen molar-refractivity contribution >= 4 is 5.91 Å². The van der Waals surface area contributed by atoms with Gasteiger partial charge < -0.3 is 14.8 Å². The average molecular weight is 311 g/mol. The maximum atomic E-state index is 12.3. The van der Waals surface area contributed by atoms with Gasteiger partial charge in [-0.3, -0.25) is 4.79 Å². The van der Waals surface area contributed by atoms with Gasteiger partial charge in [0.25, 0.3) is 5.91 Å². The van der Waals surface area contributed by atoms with E-state index >= 15 is 0 Å². The summed E-state index contributed by atoms with van der Waals surface area (Å²) in [6.45, 7) is 1.89. The van der Waals surface area contributed by atoms with Crippen LogP contribution in [0.25, 0.3) is 0 Å². The second-order valence-electron chi connectivity index (χ2n) is 5.61. The summed E-state index contributed by atoms with van der Waals surface area (Å²) in [7, 11) is 0. The Bertz CT molecular complexity index is 638. The fourth-order valence-electron chi connectivity index (χ4n) is 2.36. The van der Waals surface area contributed by atoms with E-state index in [4.69, 9.17) is 9.47 Å². The SMILES string of the molecule is O=C(NCCCc1ccccc1)c1ccccc1OCC1CO1. The molecule has 4 nitrogen and oxygen atoms in total. The molecule has 23 heavy (non-hydrogen) atoms. The van der Waals surface area contributed by atoms with Crippen molar-refractivity contribution in [2.45, 2.75) is 18.9 Å². The second kappa shape index (κ2) is 7.79. The summed E-state index contributed by atoms with van der Waals surface area (Å²) in [6, 6.07) is 17.6. The van der Waals surface area contributed by atoms with Crippen molar-refractivity contribution in [3.8, 4) is 5.75 Å². The number of carbonyl (C=O) groups excluding carboxylic acids is 1. The van der Waals surface area contributed by atoms with E-state index in [0.29, 0.717) is 24.5 Å². The molecule has 2 aromatic carbocycles. The monoisotopic (exact) mass is 311 g/mol. The predicted molar refractivity (Wildman–Crippen MR) is 88.8 cm³/mol. The van der Waals surface area contributed by atoms with Gasteiger partial charge in [-0.15, -0.1) is 0 Å². The van der Waals surface area contributed by atoms with Gasteiger partial charge in [0.1, 0.15) is 18.5 Å². The maximum absolute atomic E-state index is 12.3. The minimum absolute atomic E-state index is 0.0922. The molecule has 0 radical (unpaired) electrons. The van der Waals surface area contributed by atoms with Crippen LogP contribution in [0.5, 0.6) is 5.75 Å². The molecule has 1 atom stereocenters. The van der Waals surface area contributed by atoms with Crippen molar-refractivity contribution in [3.05, 3.63) is 65.7 Å². The smallest absolute Gasteiger partial charge is 0.255 e. The first-order chi connectivity index (χ1) is 11.3. The van der Waals surface area contributed by atoms with E-state index < -0.39 is 0 Å². The number of nitrogens with one attached hydrogen (secondary N) is 1. The molecule has 1 aliphatic rings. The Labute approximate surface area is 136 Å². The van der Waals surface area contributed by atoms with E-state index in [1.54, 1.807) is 6.07 Å². The van der Waals surface area contributed by atoms with E-state index in [2.05, 4.69) is 17.4 Å². The van der Waals surface area contributed by atoms with Crippen molar-refractivity contribution in [2.24, 2.45) is 0 Å². The average Bonchev–Trinajstić information content (AvgIpc) is 3.42. The molecule has 1 amide bonds. The Balaban J connectivity index is 1.47. The fourth-order valence-corrected chi connectivity index (χ4v) is 2.36. The number of rotatable bonds is 8. The lowest BCUT2D eigenvalue weighted by Crippen LogP contribution is -2.25. The molecule has 120 valence electrons. The third-order valence-corrected chi connectivity index (χ3v) is 3.73. The first-order valence-corrected chi connectivity index (χ1v) is 7.98. The molecule has 0 aliphatic carbocycles. The molecular formula is C19H21NO3. The van der Waals surface area contributed by atoms with E-state index in [-0.39, 0.29) is 12.0 Å². The largest absolute Gasteiger partial charge is 0.490 e. The Kier molecular flexibility index (Phi) is 5.27. The highest BCUT2D eigenvalue weighted by molar-refractivity contribution is 5.96. The lowest BCUT2D eigenvalue weighted by molar-refractivity contribution is 0.0948. The Hall–Kier alpha value is -2.33. The number of carbonyl (C=O) groups is 1. The molecular weight excluding hydrogens is 290 g/mol. The Morgan fingerprint density at radius 2 is 1.87 bits per heavy atom. The molecule has 0 saturated carbocycles. The lowest BCUT2D eigenvalue weighted by Gasteiger charge is -2.11. The minimum atomic E-state index is -0.0922. The fraction of sp³-hybridized carbons (Fsp3) is 0.316. The van der Waals surface area contributed by atoms with Crippen LogP contribution < -0.4 is 10.1 Å². The molecule has 2 aromatic rings. The summed E-state index contributed by atoms with van der Waals surface area (Å²) in [5.41, 5.74) is 1.86. The van der Waals surface area contributed by atoms with Crippen molar-refractivity contribution in [1.82, 2.24) is 5.32 Å². The third-order valence-electron chi connectivity index (χ3n) is 3.73. The zero-order valence-electron chi connectivity index (χ0n) is 13.0. The predicted octanol–water partition coefficient (Wildman–Crippen LogP) is 2.83. The van der Waals surface area contributed by atoms with Crippen molar-refractivity contribution in [1.29, 1.82) is 0 Å². The van der Waals surface area contributed by atoms with Gasteiger partial charge in [-0.05, 0) is 30.5 Å². The summed E-state index contributed by atoms with van der Waals surface area (Å²) in [5.74, 6) is 0.522. The van der Waals surface area contributed by atoms with Crippen LogP contribution in [0.15, 0.2) is 54.6 Å². The topological polar surface area (TPSA) is 50.9 Å². The van der Waals surface area contributed by atoms with E-state index in [9.17, 15) is 4.79 Å². The van der Waals surface area contributed by atoms with Gasteiger partial charge in [0.2, 0.25) is 0 Å². The van der Waals surface area contributed by atoms with Crippen LogP contribution in [0.2, 0.25) is 0 Å². The van der Waals surface area contributed by atoms with Gasteiger partial charge in [-0.2, -0.15) is 0 Å². The molecule has 0 spiro atoms. The van der Waals surface area contributed by atoms with Crippen molar-refractivity contribution in [2.75, 3.05) is 19.8 Å². The van der Waals surface area contributed by atoms with Crippen LogP contribution >= 0.6 is 0 Å². The molecule has 1 aliphatic heterocycles. The first-order valence-electron chi connectivity index (χ1n) is 7.98. The maximum Gasteiger partial charge on any atom is 0.255 e. The number of amides is 1. The van der Waals surface area contributed by atoms with Crippen molar-refractivity contribution < 1.29 is 14.3 Å². The highest BCUT2D eigenvalue weighted by Gasteiger charge is 2.24. The summed E-state index contributed by atoms with van der Waals surface area (Å²) >= 11 is 0. The number of hydrogen-bond acceptors (Lipinski definition) is 3. The normalized spacial score (nSPS) is 15.9. The number of hydrogen-bond donors (Lipinski definition) is 1. The minimum Gasteiger partial charge on any atom is -0.490 e. The summed E-state index contributed by atoms with van der Waals surface area (Å²) in [5, 5.41) is 2.96. The number of ether oxygens (including phenoxy) is 2. The molecule has 4 heteroatoms. The second-order valence-corrected chi connectivity index (χ2v) is 5.61. The Morgan fingerprint density at radius 3 is 2.65 bits per heavy atom. The quantitative estimate of drug-likeness (QED) is 0.602. The number of para-hydroxylation sites is 1. The van der Waals surface area contributed by atoms with Gasteiger partial charge in [-0.1, -0.05) is 42.5 Å². The molecule has 3 rings (SSSR count).